The van der Waals surface area contributed by atoms with Crippen LogP contribution in [0.5, 0.6) is 0 Å². The largest absolute Gasteiger partial charge is 0.465 e. The highest BCUT2D eigenvalue weighted by atomic mass is 32.2. The summed E-state index contributed by atoms with van der Waals surface area (Å²) < 4.78 is 4.64. The van der Waals surface area contributed by atoms with E-state index in [1.54, 1.807) is 22.3 Å². The first kappa shape index (κ1) is 21.1. The van der Waals surface area contributed by atoms with Crippen molar-refractivity contribution < 1.29 is 19.1 Å². The van der Waals surface area contributed by atoms with E-state index in [4.69, 9.17) is 0 Å². The Morgan fingerprint density at radius 3 is 2.74 bits per heavy atom. The Kier molecular flexibility index (Phi) is 6.34. The van der Waals surface area contributed by atoms with E-state index in [0.29, 0.717) is 23.5 Å². The van der Waals surface area contributed by atoms with Gasteiger partial charge < -0.3 is 15.0 Å². The number of pyridine rings is 1. The predicted octanol–water partition coefficient (Wildman–Crippen LogP) is 3.96. The van der Waals surface area contributed by atoms with E-state index in [1.165, 1.54) is 31.1 Å². The van der Waals surface area contributed by atoms with E-state index in [2.05, 4.69) is 15.0 Å². The molecule has 0 spiro atoms. The third-order valence-corrected chi connectivity index (χ3v) is 6.85. The monoisotopic (exact) mass is 453 g/mol. The number of esters is 1. The SMILES string of the molecule is COC(=O)c1ccc(NC(=O)CSC2c3ccccc3C(=O)N2Cc2cccs2)nc1. The van der Waals surface area contributed by atoms with Crippen molar-refractivity contribution >= 4 is 46.7 Å². The highest BCUT2D eigenvalue weighted by Crippen LogP contribution is 2.42. The molecule has 1 N–H and O–H groups in total. The van der Waals surface area contributed by atoms with Crippen molar-refractivity contribution in [1.29, 1.82) is 0 Å². The molecule has 0 saturated carbocycles. The Balaban J connectivity index is 1.43. The average Bonchev–Trinajstić information content (AvgIpc) is 3.40. The standard InChI is InChI=1S/C22H19N3O4S2/c1-29-22(28)14-8-9-18(23-11-14)24-19(26)13-31-21-17-7-3-2-6-16(17)20(27)25(21)12-15-5-4-10-30-15/h2-11,21H,12-13H2,1H3,(H,23,24,26). The van der Waals surface area contributed by atoms with Crippen LogP contribution in [0.4, 0.5) is 5.82 Å². The molecule has 1 unspecified atom stereocenters. The molecule has 9 heteroatoms. The fourth-order valence-electron chi connectivity index (χ4n) is 3.28. The van der Waals surface area contributed by atoms with E-state index in [9.17, 15) is 14.4 Å². The number of carbonyl (C=O) groups excluding carboxylic acids is 3. The van der Waals surface area contributed by atoms with Crippen molar-refractivity contribution in [3.63, 3.8) is 0 Å². The molecular formula is C22H19N3O4S2. The van der Waals surface area contributed by atoms with Gasteiger partial charge in [0.2, 0.25) is 5.91 Å². The first-order valence-electron chi connectivity index (χ1n) is 9.45. The zero-order valence-corrected chi connectivity index (χ0v) is 18.2. The van der Waals surface area contributed by atoms with E-state index >= 15 is 0 Å². The van der Waals surface area contributed by atoms with Gasteiger partial charge in [0.05, 0.1) is 25.0 Å². The van der Waals surface area contributed by atoms with E-state index in [-0.39, 0.29) is 22.9 Å². The number of aromatic nitrogens is 1. The minimum atomic E-state index is -0.490. The molecule has 3 heterocycles. The number of hydrogen-bond acceptors (Lipinski definition) is 7. The van der Waals surface area contributed by atoms with Crippen molar-refractivity contribution in [3.05, 3.63) is 81.7 Å². The smallest absolute Gasteiger partial charge is 0.339 e. The Bertz CT molecular complexity index is 1100. The summed E-state index contributed by atoms with van der Waals surface area (Å²) >= 11 is 3.00. The van der Waals surface area contributed by atoms with Crippen LogP contribution in [-0.4, -0.2) is 40.5 Å². The highest BCUT2D eigenvalue weighted by molar-refractivity contribution is 8.00. The lowest BCUT2D eigenvalue weighted by atomic mass is 10.1. The van der Waals surface area contributed by atoms with Crippen LogP contribution in [0.3, 0.4) is 0 Å². The average molecular weight is 454 g/mol. The first-order chi connectivity index (χ1) is 15.1. The number of benzene rings is 1. The maximum Gasteiger partial charge on any atom is 0.339 e. The molecule has 0 bridgehead atoms. The number of carbonyl (C=O) groups is 3. The molecule has 2 aromatic heterocycles. The van der Waals surface area contributed by atoms with Gasteiger partial charge in [0.1, 0.15) is 11.2 Å². The van der Waals surface area contributed by atoms with Crippen molar-refractivity contribution in [3.8, 4) is 0 Å². The normalized spacial score (nSPS) is 14.9. The fourth-order valence-corrected chi connectivity index (χ4v) is 5.10. The number of hydrogen-bond donors (Lipinski definition) is 1. The molecular weight excluding hydrogens is 434 g/mol. The van der Waals surface area contributed by atoms with Gasteiger partial charge in [-0.1, -0.05) is 24.3 Å². The van der Waals surface area contributed by atoms with E-state index in [0.717, 1.165) is 10.4 Å². The second-order valence-electron chi connectivity index (χ2n) is 6.73. The van der Waals surface area contributed by atoms with Gasteiger partial charge >= 0.3 is 5.97 Å². The lowest BCUT2D eigenvalue weighted by Crippen LogP contribution is -2.27. The number of amides is 2. The Hall–Kier alpha value is -3.17. The molecule has 1 atom stereocenters. The summed E-state index contributed by atoms with van der Waals surface area (Å²) in [5.74, 6) is -0.265. The van der Waals surface area contributed by atoms with Crippen molar-refractivity contribution in [1.82, 2.24) is 9.88 Å². The van der Waals surface area contributed by atoms with Gasteiger partial charge in [-0.3, -0.25) is 9.59 Å². The lowest BCUT2D eigenvalue weighted by molar-refractivity contribution is -0.113. The summed E-state index contributed by atoms with van der Waals surface area (Å²) in [6.45, 7) is 0.501. The highest BCUT2D eigenvalue weighted by Gasteiger charge is 2.37. The number of methoxy groups -OCH3 is 1. The Labute approximate surface area is 187 Å². The zero-order valence-electron chi connectivity index (χ0n) is 16.6. The molecule has 31 heavy (non-hydrogen) atoms. The van der Waals surface area contributed by atoms with Crippen molar-refractivity contribution in [2.24, 2.45) is 0 Å². The molecule has 1 aliphatic rings. The number of thioether (sulfide) groups is 1. The lowest BCUT2D eigenvalue weighted by Gasteiger charge is -2.24. The van der Waals surface area contributed by atoms with Crippen molar-refractivity contribution in [2.75, 3.05) is 18.2 Å². The second kappa shape index (κ2) is 9.32. The molecule has 0 radical (unpaired) electrons. The van der Waals surface area contributed by atoms with Crippen LogP contribution in [0.25, 0.3) is 0 Å². The van der Waals surface area contributed by atoms with Crippen LogP contribution in [0.15, 0.2) is 60.1 Å². The molecule has 0 saturated heterocycles. The summed E-state index contributed by atoms with van der Waals surface area (Å²) in [5, 5.41) is 4.46. The van der Waals surface area contributed by atoms with Gasteiger partial charge in [0.25, 0.3) is 5.91 Å². The predicted molar refractivity (Wildman–Crippen MR) is 120 cm³/mol. The Morgan fingerprint density at radius 1 is 1.19 bits per heavy atom. The number of fused-ring (bicyclic) bond motifs is 1. The van der Waals surface area contributed by atoms with Gasteiger partial charge in [-0.25, -0.2) is 9.78 Å². The quantitative estimate of drug-likeness (QED) is 0.545. The van der Waals surface area contributed by atoms with Gasteiger partial charge in [0, 0.05) is 16.6 Å². The maximum absolute atomic E-state index is 12.9. The molecule has 0 aliphatic carbocycles. The Morgan fingerprint density at radius 2 is 2.03 bits per heavy atom. The van der Waals surface area contributed by atoms with Gasteiger partial charge in [0.15, 0.2) is 0 Å². The summed E-state index contributed by atoms with van der Waals surface area (Å²) in [5.41, 5.74) is 1.90. The molecule has 4 rings (SSSR count). The van der Waals surface area contributed by atoms with Crippen LogP contribution in [0.1, 0.15) is 36.5 Å². The number of anilines is 1. The van der Waals surface area contributed by atoms with Crippen LogP contribution in [-0.2, 0) is 16.1 Å². The molecule has 0 fully saturated rings. The van der Waals surface area contributed by atoms with Gasteiger partial charge in [-0.15, -0.1) is 23.1 Å². The van der Waals surface area contributed by atoms with Crippen LogP contribution >= 0.6 is 23.1 Å². The van der Waals surface area contributed by atoms with Gasteiger partial charge in [-0.05, 0) is 35.2 Å². The second-order valence-corrected chi connectivity index (χ2v) is 8.84. The maximum atomic E-state index is 12.9. The van der Waals surface area contributed by atoms with Gasteiger partial charge in [-0.2, -0.15) is 0 Å². The van der Waals surface area contributed by atoms with E-state index in [1.807, 2.05) is 41.8 Å². The van der Waals surface area contributed by atoms with E-state index < -0.39 is 5.97 Å². The fraction of sp³-hybridized carbons (Fsp3) is 0.182. The molecule has 7 nitrogen and oxygen atoms in total. The van der Waals surface area contributed by atoms with Crippen LogP contribution in [0.2, 0.25) is 0 Å². The molecule has 158 valence electrons. The third-order valence-electron chi connectivity index (χ3n) is 4.73. The number of rotatable bonds is 7. The summed E-state index contributed by atoms with van der Waals surface area (Å²) in [6, 6.07) is 14.6. The third kappa shape index (κ3) is 4.62. The number of nitrogens with one attached hydrogen (secondary N) is 1. The van der Waals surface area contributed by atoms with Crippen molar-refractivity contribution in [2.45, 2.75) is 11.9 Å². The molecule has 3 aromatic rings. The first-order valence-corrected chi connectivity index (χ1v) is 11.4. The topological polar surface area (TPSA) is 88.6 Å². The minimum absolute atomic E-state index is 0.0260. The van der Waals surface area contributed by atoms with Crippen LogP contribution < -0.4 is 5.32 Å². The summed E-state index contributed by atoms with van der Waals surface area (Å²) in [6.07, 6.45) is 1.35. The molecule has 1 aliphatic heterocycles. The zero-order chi connectivity index (χ0) is 21.8. The minimum Gasteiger partial charge on any atom is -0.465 e. The van der Waals surface area contributed by atoms with Crippen LogP contribution in [0, 0.1) is 0 Å². The summed E-state index contributed by atoms with van der Waals surface area (Å²) in [7, 11) is 1.29. The number of thiophene rings is 1. The molecule has 1 aromatic carbocycles. The number of ether oxygens (including phenoxy) is 1. The summed E-state index contributed by atoms with van der Waals surface area (Å²) in [4.78, 5) is 43.9. The number of nitrogens with zero attached hydrogens (tertiary/aromatic N) is 2. The molecule has 2 amide bonds.